The van der Waals surface area contributed by atoms with Gasteiger partial charge in [0.25, 0.3) is 0 Å². The molecule has 9 nitrogen and oxygen atoms in total. The number of hydrogen-bond acceptors (Lipinski definition) is 7. The second kappa shape index (κ2) is 10.4. The van der Waals surface area contributed by atoms with Crippen LogP contribution in [0.1, 0.15) is 66.8 Å². The summed E-state index contributed by atoms with van der Waals surface area (Å²) in [6.07, 6.45) is 4.59. The summed E-state index contributed by atoms with van der Waals surface area (Å²) in [5.74, 6) is -0.480. The van der Waals surface area contributed by atoms with Gasteiger partial charge in [0.05, 0.1) is 16.6 Å². The van der Waals surface area contributed by atoms with E-state index in [0.717, 1.165) is 63.4 Å². The number of carboxylic acid groups (broad SMARTS) is 1. The maximum Gasteiger partial charge on any atom is 0.310 e. The third-order valence-corrected chi connectivity index (χ3v) is 8.02. The Morgan fingerprint density at radius 3 is 2.74 bits per heavy atom. The number of rotatable bonds is 7. The highest BCUT2D eigenvalue weighted by Gasteiger charge is 2.41. The first kappa shape index (κ1) is 26.7. The lowest BCUT2D eigenvalue weighted by Gasteiger charge is -2.32. The number of aryl methyl sites for hydroxylation is 3. The minimum atomic E-state index is -1.12. The van der Waals surface area contributed by atoms with E-state index in [4.69, 9.17) is 9.72 Å². The van der Waals surface area contributed by atoms with Gasteiger partial charge in [-0.25, -0.2) is 4.68 Å². The van der Waals surface area contributed by atoms with Gasteiger partial charge in [-0.2, -0.15) is 0 Å². The Kier molecular flexibility index (Phi) is 7.11. The van der Waals surface area contributed by atoms with Crippen molar-refractivity contribution in [2.45, 2.75) is 66.2 Å². The number of aromatic nitrogens is 5. The fraction of sp³-hybridized carbons (Fsp3) is 0.433. The van der Waals surface area contributed by atoms with Gasteiger partial charge in [0.15, 0.2) is 0 Å². The maximum absolute atomic E-state index is 12.6. The van der Waals surface area contributed by atoms with E-state index >= 15 is 0 Å². The van der Waals surface area contributed by atoms with E-state index in [1.165, 1.54) is 0 Å². The van der Waals surface area contributed by atoms with Gasteiger partial charge in [0, 0.05) is 56.3 Å². The normalized spacial score (nSPS) is 16.9. The van der Waals surface area contributed by atoms with Crippen LogP contribution >= 0.6 is 0 Å². The molecule has 9 heteroatoms. The van der Waals surface area contributed by atoms with Crippen LogP contribution < -0.4 is 4.74 Å². The van der Waals surface area contributed by atoms with Crippen molar-refractivity contribution in [2.24, 2.45) is 12.5 Å². The Balaban J connectivity index is 1.56. The molecule has 0 amide bonds. The molecule has 1 N–H and O–H groups in total. The molecule has 4 heterocycles. The van der Waals surface area contributed by atoms with Gasteiger partial charge >= 0.3 is 5.97 Å². The van der Waals surface area contributed by atoms with Crippen molar-refractivity contribution in [3.8, 4) is 5.75 Å². The van der Waals surface area contributed by atoms with Crippen molar-refractivity contribution in [3.63, 3.8) is 0 Å². The Labute approximate surface area is 228 Å². The molecule has 0 fully saturated rings. The summed E-state index contributed by atoms with van der Waals surface area (Å²) < 4.78 is 8.00. The van der Waals surface area contributed by atoms with Crippen molar-refractivity contribution in [1.82, 2.24) is 29.9 Å². The van der Waals surface area contributed by atoms with Gasteiger partial charge in [0.1, 0.15) is 17.4 Å². The quantitative estimate of drug-likeness (QED) is 0.365. The molecular formula is C30H36N6O3. The van der Waals surface area contributed by atoms with Gasteiger partial charge in [-0.1, -0.05) is 24.3 Å². The van der Waals surface area contributed by atoms with Crippen molar-refractivity contribution in [3.05, 3.63) is 76.4 Å². The van der Waals surface area contributed by atoms with Gasteiger partial charge in [0.2, 0.25) is 0 Å². The summed E-state index contributed by atoms with van der Waals surface area (Å²) in [7, 11) is 1.85. The highest BCUT2D eigenvalue weighted by atomic mass is 16.5. The van der Waals surface area contributed by atoms with Crippen molar-refractivity contribution in [1.29, 1.82) is 0 Å². The van der Waals surface area contributed by atoms with E-state index in [9.17, 15) is 9.90 Å². The summed E-state index contributed by atoms with van der Waals surface area (Å²) in [4.78, 5) is 24.4. The molecule has 0 spiro atoms. The zero-order valence-electron chi connectivity index (χ0n) is 23.5. The first-order valence-corrected chi connectivity index (χ1v) is 13.4. The van der Waals surface area contributed by atoms with Gasteiger partial charge in [-0.05, 0) is 69.0 Å². The molecular weight excluding hydrogens is 492 g/mol. The number of nitrogens with zero attached hydrogens (tertiary/aromatic N) is 6. The first-order chi connectivity index (χ1) is 18.6. The molecule has 1 aliphatic heterocycles. The van der Waals surface area contributed by atoms with Crippen molar-refractivity contribution in [2.75, 3.05) is 6.54 Å². The molecule has 1 unspecified atom stereocenters. The average molecular weight is 529 g/mol. The molecule has 204 valence electrons. The zero-order chi connectivity index (χ0) is 27.9. The van der Waals surface area contributed by atoms with Crippen LogP contribution in [0.5, 0.6) is 5.75 Å². The van der Waals surface area contributed by atoms with Crippen molar-refractivity contribution >= 4 is 17.0 Å². The molecule has 2 atom stereocenters. The Morgan fingerprint density at radius 2 is 2.00 bits per heavy atom. The molecule has 5 rings (SSSR count). The highest BCUT2D eigenvalue weighted by molar-refractivity contribution is 5.81. The molecule has 39 heavy (non-hydrogen) atoms. The minimum absolute atomic E-state index is 0.0668. The van der Waals surface area contributed by atoms with Gasteiger partial charge < -0.3 is 9.84 Å². The second-order valence-corrected chi connectivity index (χ2v) is 11.1. The number of carbonyl (C=O) groups is 1. The molecule has 3 aromatic heterocycles. The third kappa shape index (κ3) is 4.98. The fourth-order valence-corrected chi connectivity index (χ4v) is 5.51. The number of carboxylic acids is 1. The molecule has 0 saturated heterocycles. The van der Waals surface area contributed by atoms with E-state index in [0.29, 0.717) is 13.1 Å². The monoisotopic (exact) mass is 528 g/mol. The molecule has 0 aliphatic carbocycles. The first-order valence-electron chi connectivity index (χ1n) is 13.4. The summed E-state index contributed by atoms with van der Waals surface area (Å²) in [6.45, 7) is 11.8. The van der Waals surface area contributed by atoms with E-state index in [1.807, 2.05) is 44.4 Å². The minimum Gasteiger partial charge on any atom is -0.489 e. The van der Waals surface area contributed by atoms with Gasteiger partial charge in [-0.15, -0.1) is 5.10 Å². The van der Waals surface area contributed by atoms with Crippen molar-refractivity contribution < 1.29 is 14.6 Å². The number of hydrogen-bond donors (Lipinski definition) is 1. The lowest BCUT2D eigenvalue weighted by Crippen LogP contribution is -2.34. The molecule has 1 aliphatic rings. The number of aliphatic carboxylic acids is 1. The van der Waals surface area contributed by atoms with Crippen LogP contribution in [0.4, 0.5) is 0 Å². The Bertz CT molecular complexity index is 1530. The van der Waals surface area contributed by atoms with Crippen LogP contribution in [0, 0.1) is 19.3 Å². The van der Waals surface area contributed by atoms with E-state index < -0.39 is 17.3 Å². The summed E-state index contributed by atoms with van der Waals surface area (Å²) in [5, 5.41) is 18.8. The molecule has 0 bridgehead atoms. The topological polar surface area (TPSA) is 106 Å². The lowest BCUT2D eigenvalue weighted by molar-refractivity contribution is -0.147. The van der Waals surface area contributed by atoms with Gasteiger partial charge in [-0.3, -0.25) is 19.7 Å². The molecule has 0 saturated carbocycles. The van der Waals surface area contributed by atoms with Crippen LogP contribution in [0.15, 0.2) is 42.7 Å². The van der Waals surface area contributed by atoms with Crippen LogP contribution in [0.3, 0.4) is 0 Å². The SMILES string of the molecule is CC[C@@H]1CN(Cc2nc(C(c3ccc4c(nnn4C)c3C)C(C)(C)C(=O)O)ccc2C)Cc2cnccc2O1. The van der Waals surface area contributed by atoms with Crippen LogP contribution in [-0.4, -0.2) is 53.6 Å². The molecule has 0 radical (unpaired) electrons. The number of ether oxygens (including phenoxy) is 1. The largest absolute Gasteiger partial charge is 0.489 e. The molecule has 4 aromatic rings. The zero-order valence-corrected chi connectivity index (χ0v) is 23.5. The predicted octanol–water partition coefficient (Wildman–Crippen LogP) is 4.79. The molecule has 1 aromatic carbocycles. The lowest BCUT2D eigenvalue weighted by atomic mass is 9.71. The number of pyridine rings is 2. The fourth-order valence-electron chi connectivity index (χ4n) is 5.51. The maximum atomic E-state index is 12.6. The summed E-state index contributed by atoms with van der Waals surface area (Å²) >= 11 is 0. The third-order valence-electron chi connectivity index (χ3n) is 8.02. The van der Waals surface area contributed by atoms with E-state index in [-0.39, 0.29) is 6.10 Å². The van der Waals surface area contributed by atoms with Crippen LogP contribution in [0.25, 0.3) is 11.0 Å². The predicted molar refractivity (Wildman–Crippen MR) is 149 cm³/mol. The number of benzene rings is 1. The van der Waals surface area contributed by atoms with Crippen LogP contribution in [0.2, 0.25) is 0 Å². The van der Waals surface area contributed by atoms with E-state index in [1.54, 1.807) is 24.7 Å². The smallest absolute Gasteiger partial charge is 0.310 e. The standard InChI is InChI=1S/C30H36N6O3/c1-7-21-16-36(15-20-14-31-13-12-26(20)39-21)17-24-18(2)8-10-23(32-24)27(30(4,5)29(37)38)22-9-11-25-28(19(22)3)33-34-35(25)6/h8-14,21,27H,7,15-17H2,1-6H3,(H,37,38)/t21-,27?/m1/s1. The Morgan fingerprint density at radius 1 is 1.21 bits per heavy atom. The van der Waals surface area contributed by atoms with Crippen LogP contribution in [-0.2, 0) is 24.9 Å². The Hall–Kier alpha value is -3.85. The van der Waals surface area contributed by atoms with E-state index in [2.05, 4.69) is 40.1 Å². The average Bonchev–Trinajstić information content (AvgIpc) is 3.18. The summed E-state index contributed by atoms with van der Waals surface area (Å²) in [5.41, 5.74) is 6.16. The second-order valence-electron chi connectivity index (χ2n) is 11.1. The highest BCUT2D eigenvalue weighted by Crippen LogP contribution is 2.43. The summed E-state index contributed by atoms with van der Waals surface area (Å²) in [6, 6.07) is 9.92. The number of fused-ring (bicyclic) bond motifs is 2.